The Kier molecular flexibility index (Phi) is 5.82. The van der Waals surface area contributed by atoms with Gasteiger partial charge >= 0.3 is 0 Å². The Balaban J connectivity index is 2.72. The second kappa shape index (κ2) is 7.13. The number of nitrogens with zero attached hydrogens (tertiary/aromatic N) is 2. The summed E-state index contributed by atoms with van der Waals surface area (Å²) >= 11 is 0. The molecule has 1 heterocycles. The fraction of sp³-hybridized carbons (Fsp3) is 0.692. The molecular weight excluding hydrogens is 244 g/mol. The molecule has 0 spiro atoms. The number of aliphatic hydroxyl groups excluding tert-OH is 1. The Bertz CT molecular complexity index is 396. The Morgan fingerprint density at radius 2 is 2.00 bits per heavy atom. The maximum Gasteiger partial charge on any atom is 0.204 e. The lowest BCUT2D eigenvalue weighted by Gasteiger charge is -2.25. The summed E-state index contributed by atoms with van der Waals surface area (Å²) in [6.45, 7) is 5.29. The number of hydrogen-bond acceptors (Lipinski definition) is 6. The molecule has 1 rings (SSSR count). The van der Waals surface area contributed by atoms with Crippen molar-refractivity contribution in [1.29, 1.82) is 0 Å². The van der Waals surface area contributed by atoms with E-state index in [4.69, 9.17) is 9.84 Å². The van der Waals surface area contributed by atoms with Gasteiger partial charge < -0.3 is 20.5 Å². The zero-order valence-electron chi connectivity index (χ0n) is 12.2. The molecule has 0 aromatic carbocycles. The monoisotopic (exact) mass is 268 g/mol. The number of rotatable bonds is 8. The third kappa shape index (κ3) is 4.55. The van der Waals surface area contributed by atoms with Gasteiger partial charge in [0.05, 0.1) is 7.11 Å². The maximum atomic E-state index is 8.90. The Morgan fingerprint density at radius 1 is 1.32 bits per heavy atom. The predicted molar refractivity (Wildman–Crippen MR) is 76.7 cm³/mol. The van der Waals surface area contributed by atoms with Crippen LogP contribution in [0.3, 0.4) is 0 Å². The van der Waals surface area contributed by atoms with Crippen molar-refractivity contribution >= 4 is 11.6 Å². The smallest absolute Gasteiger partial charge is 0.204 e. The molecule has 0 bridgehead atoms. The summed E-state index contributed by atoms with van der Waals surface area (Å²) in [6, 6.07) is 0. The molecule has 0 amide bonds. The third-order valence-electron chi connectivity index (χ3n) is 2.99. The Hall–Kier alpha value is -1.56. The van der Waals surface area contributed by atoms with Crippen molar-refractivity contribution in [2.75, 3.05) is 37.9 Å². The van der Waals surface area contributed by atoms with E-state index in [1.165, 1.54) is 6.33 Å². The van der Waals surface area contributed by atoms with E-state index in [1.807, 2.05) is 0 Å². The highest BCUT2D eigenvalue weighted by Gasteiger charge is 2.19. The molecule has 6 heteroatoms. The van der Waals surface area contributed by atoms with Gasteiger partial charge in [0.25, 0.3) is 0 Å². The van der Waals surface area contributed by atoms with E-state index < -0.39 is 0 Å². The average Bonchev–Trinajstić information content (AvgIpc) is 2.42. The second-order valence-electron chi connectivity index (χ2n) is 5.20. The highest BCUT2D eigenvalue weighted by Crippen LogP contribution is 2.30. The summed E-state index contributed by atoms with van der Waals surface area (Å²) in [7, 11) is 3.39. The van der Waals surface area contributed by atoms with Crippen LogP contribution in [0, 0.1) is 5.41 Å². The molecule has 3 N–H and O–H groups in total. The fourth-order valence-corrected chi connectivity index (χ4v) is 1.84. The quantitative estimate of drug-likeness (QED) is 0.666. The minimum atomic E-state index is 0.0818. The topological polar surface area (TPSA) is 79.3 Å². The molecule has 0 aliphatic rings. The van der Waals surface area contributed by atoms with Gasteiger partial charge in [0.2, 0.25) is 5.75 Å². The lowest BCUT2D eigenvalue weighted by atomic mass is 9.88. The van der Waals surface area contributed by atoms with Crippen LogP contribution in [0.5, 0.6) is 5.75 Å². The summed E-state index contributed by atoms with van der Waals surface area (Å²) < 4.78 is 5.32. The molecule has 1 aromatic heterocycles. The Morgan fingerprint density at radius 3 is 2.58 bits per heavy atom. The molecule has 0 aliphatic carbocycles. The molecule has 0 aliphatic heterocycles. The van der Waals surface area contributed by atoms with Gasteiger partial charge in [-0.2, -0.15) is 0 Å². The van der Waals surface area contributed by atoms with Gasteiger partial charge in [-0.05, 0) is 18.3 Å². The number of aliphatic hydroxyl groups is 1. The maximum absolute atomic E-state index is 8.90. The van der Waals surface area contributed by atoms with Crippen LogP contribution >= 0.6 is 0 Å². The van der Waals surface area contributed by atoms with Crippen molar-refractivity contribution in [2.24, 2.45) is 5.41 Å². The molecule has 0 saturated carbocycles. The molecule has 108 valence electrons. The first-order valence-corrected chi connectivity index (χ1v) is 6.45. The molecule has 1 aromatic rings. The van der Waals surface area contributed by atoms with E-state index in [1.54, 1.807) is 14.2 Å². The minimum absolute atomic E-state index is 0.0818. The van der Waals surface area contributed by atoms with Crippen molar-refractivity contribution < 1.29 is 9.84 Å². The lowest BCUT2D eigenvalue weighted by molar-refractivity contribution is 0.247. The zero-order valence-corrected chi connectivity index (χ0v) is 12.2. The molecule has 0 unspecified atom stereocenters. The molecule has 19 heavy (non-hydrogen) atoms. The normalized spacial score (nSPS) is 11.2. The summed E-state index contributed by atoms with van der Waals surface area (Å²) in [5.74, 6) is 1.95. The van der Waals surface area contributed by atoms with E-state index in [0.29, 0.717) is 17.4 Å². The van der Waals surface area contributed by atoms with E-state index >= 15 is 0 Å². The standard InChI is InChI=1S/C13H24N4O2/c1-13(2,6-5-7-18)8-15-12-10(19-4)11(14-3)16-9-17-12/h9,18H,5-8H2,1-4H3,(H2,14,15,16,17). The minimum Gasteiger partial charge on any atom is -0.490 e. The fourth-order valence-electron chi connectivity index (χ4n) is 1.84. The van der Waals surface area contributed by atoms with Gasteiger partial charge in [-0.15, -0.1) is 0 Å². The molecule has 0 saturated heterocycles. The average molecular weight is 268 g/mol. The second-order valence-corrected chi connectivity index (χ2v) is 5.20. The van der Waals surface area contributed by atoms with Crippen molar-refractivity contribution in [2.45, 2.75) is 26.7 Å². The van der Waals surface area contributed by atoms with Crippen molar-refractivity contribution in [3.63, 3.8) is 0 Å². The molecular formula is C13H24N4O2. The summed E-state index contributed by atoms with van der Waals surface area (Å²) in [5, 5.41) is 15.2. The predicted octanol–water partition coefficient (Wildman–Crippen LogP) is 1.74. The lowest BCUT2D eigenvalue weighted by Crippen LogP contribution is -2.24. The highest BCUT2D eigenvalue weighted by atomic mass is 16.5. The van der Waals surface area contributed by atoms with Crippen molar-refractivity contribution in [3.05, 3.63) is 6.33 Å². The number of nitrogens with one attached hydrogen (secondary N) is 2. The van der Waals surface area contributed by atoms with Crippen LogP contribution in [-0.4, -0.2) is 42.4 Å². The van der Waals surface area contributed by atoms with E-state index in [-0.39, 0.29) is 12.0 Å². The largest absolute Gasteiger partial charge is 0.490 e. The number of ether oxygens (including phenoxy) is 1. The van der Waals surface area contributed by atoms with E-state index in [9.17, 15) is 0 Å². The summed E-state index contributed by atoms with van der Waals surface area (Å²) in [5.41, 5.74) is 0.0818. The van der Waals surface area contributed by atoms with Crippen LogP contribution in [0.25, 0.3) is 0 Å². The first kappa shape index (κ1) is 15.5. The van der Waals surface area contributed by atoms with E-state index in [0.717, 1.165) is 19.4 Å². The first-order chi connectivity index (χ1) is 9.04. The SMILES string of the molecule is CNc1ncnc(NCC(C)(C)CCCO)c1OC. The highest BCUT2D eigenvalue weighted by molar-refractivity contribution is 5.63. The first-order valence-electron chi connectivity index (χ1n) is 6.45. The van der Waals surface area contributed by atoms with Crippen molar-refractivity contribution in [3.8, 4) is 5.75 Å². The molecule has 0 fully saturated rings. The number of methoxy groups -OCH3 is 1. The zero-order chi connectivity index (χ0) is 14.3. The summed E-state index contributed by atoms with van der Waals surface area (Å²) in [6.07, 6.45) is 3.25. The van der Waals surface area contributed by atoms with Crippen LogP contribution in [0.4, 0.5) is 11.6 Å². The van der Waals surface area contributed by atoms with Gasteiger partial charge in [0.15, 0.2) is 11.6 Å². The number of hydrogen-bond donors (Lipinski definition) is 3. The van der Waals surface area contributed by atoms with Crippen LogP contribution < -0.4 is 15.4 Å². The van der Waals surface area contributed by atoms with Crippen molar-refractivity contribution in [1.82, 2.24) is 9.97 Å². The van der Waals surface area contributed by atoms with Gasteiger partial charge in [-0.3, -0.25) is 0 Å². The molecule has 6 nitrogen and oxygen atoms in total. The number of anilines is 2. The van der Waals surface area contributed by atoms with Crippen LogP contribution in [0.15, 0.2) is 6.33 Å². The van der Waals surface area contributed by atoms with Gasteiger partial charge in [0, 0.05) is 20.2 Å². The van der Waals surface area contributed by atoms with Crippen LogP contribution in [0.2, 0.25) is 0 Å². The van der Waals surface area contributed by atoms with Gasteiger partial charge in [-0.25, -0.2) is 9.97 Å². The van der Waals surface area contributed by atoms with Gasteiger partial charge in [0.1, 0.15) is 6.33 Å². The van der Waals surface area contributed by atoms with E-state index in [2.05, 4.69) is 34.4 Å². The molecule has 0 atom stereocenters. The summed E-state index contributed by atoms with van der Waals surface area (Å²) in [4.78, 5) is 8.31. The Labute approximate surface area is 114 Å². The number of aromatic nitrogens is 2. The van der Waals surface area contributed by atoms with Gasteiger partial charge in [-0.1, -0.05) is 13.8 Å². The third-order valence-corrected chi connectivity index (χ3v) is 2.99. The molecule has 0 radical (unpaired) electrons. The van der Waals surface area contributed by atoms with Crippen LogP contribution in [0.1, 0.15) is 26.7 Å². The van der Waals surface area contributed by atoms with Crippen LogP contribution in [-0.2, 0) is 0 Å².